The minimum atomic E-state index is -0.463. The third-order valence-electron chi connectivity index (χ3n) is 3.18. The van der Waals surface area contributed by atoms with Crippen LogP contribution in [0.2, 0.25) is 0 Å². The number of ether oxygens (including phenoxy) is 1. The van der Waals surface area contributed by atoms with Crippen molar-refractivity contribution < 1.29 is 13.9 Å². The molecule has 0 spiro atoms. The van der Waals surface area contributed by atoms with Gasteiger partial charge in [-0.3, -0.25) is 4.79 Å². The average Bonchev–Trinajstić information content (AvgIpc) is 2.48. The Morgan fingerprint density at radius 1 is 1.57 bits per heavy atom. The molecule has 0 aromatic heterocycles. The van der Waals surface area contributed by atoms with Crippen molar-refractivity contribution in [3.63, 3.8) is 0 Å². The molecule has 0 saturated carbocycles. The van der Waals surface area contributed by atoms with Crippen LogP contribution in [-0.2, 0) is 4.79 Å². The van der Waals surface area contributed by atoms with Crippen molar-refractivity contribution in [2.45, 2.75) is 17.3 Å². The molecule has 0 radical (unpaired) electrons. The second-order valence-corrected chi connectivity index (χ2v) is 5.97. The van der Waals surface area contributed by atoms with E-state index in [0.717, 1.165) is 0 Å². The highest BCUT2D eigenvalue weighted by atomic mass is 127. The molecule has 1 atom stereocenters. The second kappa shape index (κ2) is 6.89. The number of carbonyl (C=O) groups is 1. The number of rotatable bonds is 4. The van der Waals surface area contributed by atoms with Crippen LogP contribution in [0.25, 0.3) is 5.70 Å². The highest BCUT2D eigenvalue weighted by molar-refractivity contribution is 14.1. The Morgan fingerprint density at radius 3 is 2.95 bits per heavy atom. The number of nitrogens with zero attached hydrogens (tertiary/aromatic N) is 2. The molecule has 1 heterocycles. The van der Waals surface area contributed by atoms with Crippen LogP contribution in [0, 0.1) is 17.1 Å². The van der Waals surface area contributed by atoms with Gasteiger partial charge in [-0.25, -0.2) is 4.39 Å². The molecule has 0 N–H and O–H groups in total. The van der Waals surface area contributed by atoms with Gasteiger partial charge in [0.05, 0.1) is 3.92 Å². The molecule has 1 aliphatic heterocycles. The van der Waals surface area contributed by atoms with Crippen LogP contribution >= 0.6 is 22.6 Å². The first-order valence-corrected chi connectivity index (χ1v) is 7.78. The maximum absolute atomic E-state index is 14.3. The molecule has 0 bridgehead atoms. The number of alkyl halides is 1. The van der Waals surface area contributed by atoms with Gasteiger partial charge in [-0.05, 0) is 25.5 Å². The van der Waals surface area contributed by atoms with Crippen LogP contribution in [0.5, 0.6) is 5.75 Å². The maximum atomic E-state index is 14.3. The molecule has 6 heteroatoms. The average molecular weight is 400 g/mol. The molecule has 1 amide bonds. The number of benzene rings is 1. The number of hydrogen-bond donors (Lipinski definition) is 0. The first-order chi connectivity index (χ1) is 10.1. The summed E-state index contributed by atoms with van der Waals surface area (Å²) in [6, 6.07) is 6.25. The van der Waals surface area contributed by atoms with Gasteiger partial charge < -0.3 is 9.64 Å². The lowest BCUT2D eigenvalue weighted by molar-refractivity contribution is -0.127. The van der Waals surface area contributed by atoms with Gasteiger partial charge in [-0.1, -0.05) is 28.7 Å². The molecule has 1 unspecified atom stereocenters. The molecule has 4 nitrogen and oxygen atoms in total. The van der Waals surface area contributed by atoms with E-state index in [2.05, 4.69) is 22.6 Å². The SMILES string of the molecule is CCN1C(=O)C(I)CC=C1c1ccc(OCC#N)cc1F. The number of carbonyl (C=O) groups excluding carboxylic acids is 1. The Kier molecular flexibility index (Phi) is 5.17. The van der Waals surface area contributed by atoms with Crippen molar-refractivity contribution in [1.29, 1.82) is 5.26 Å². The molecule has 1 aromatic rings. The van der Waals surface area contributed by atoms with Crippen molar-refractivity contribution in [3.05, 3.63) is 35.7 Å². The lowest BCUT2D eigenvalue weighted by atomic mass is 10.0. The summed E-state index contributed by atoms with van der Waals surface area (Å²) in [5.41, 5.74) is 0.970. The third-order valence-corrected chi connectivity index (χ3v) is 4.22. The van der Waals surface area contributed by atoms with Gasteiger partial charge in [0.25, 0.3) is 0 Å². The molecule has 110 valence electrons. The zero-order valence-corrected chi connectivity index (χ0v) is 13.6. The van der Waals surface area contributed by atoms with E-state index in [0.29, 0.717) is 30.0 Å². The van der Waals surface area contributed by atoms with Gasteiger partial charge in [0.1, 0.15) is 17.6 Å². The number of allylic oxidation sites excluding steroid dienone is 1. The number of amides is 1. The number of halogens is 2. The van der Waals surface area contributed by atoms with E-state index in [1.165, 1.54) is 6.07 Å². The number of hydrogen-bond acceptors (Lipinski definition) is 3. The standard InChI is InChI=1S/C15H14FIN2O2/c1-2-19-14(6-5-13(17)15(19)20)11-4-3-10(9-12(11)16)21-8-7-18/h3-4,6,9,13H,2,5,8H2,1H3. The van der Waals surface area contributed by atoms with E-state index in [1.807, 2.05) is 19.1 Å². The Morgan fingerprint density at radius 2 is 2.33 bits per heavy atom. The van der Waals surface area contributed by atoms with Crippen molar-refractivity contribution in [1.82, 2.24) is 4.90 Å². The Labute approximate surface area is 136 Å². The van der Waals surface area contributed by atoms with Crippen LogP contribution in [-0.4, -0.2) is 27.9 Å². The Hall–Kier alpha value is -1.62. The summed E-state index contributed by atoms with van der Waals surface area (Å²) in [7, 11) is 0. The quantitative estimate of drug-likeness (QED) is 0.577. The molecule has 2 rings (SSSR count). The van der Waals surface area contributed by atoms with Gasteiger partial charge in [0, 0.05) is 23.9 Å². The van der Waals surface area contributed by atoms with Gasteiger partial charge in [-0.2, -0.15) is 5.26 Å². The summed E-state index contributed by atoms with van der Waals surface area (Å²) >= 11 is 2.10. The predicted octanol–water partition coefficient (Wildman–Crippen LogP) is 3.12. The molecule has 21 heavy (non-hydrogen) atoms. The molecular weight excluding hydrogens is 386 g/mol. The van der Waals surface area contributed by atoms with E-state index >= 15 is 0 Å². The summed E-state index contributed by atoms with van der Waals surface area (Å²) in [6.07, 6.45) is 2.48. The zero-order chi connectivity index (χ0) is 15.4. The second-order valence-electron chi connectivity index (χ2n) is 4.46. The largest absolute Gasteiger partial charge is 0.479 e. The van der Waals surface area contributed by atoms with Crippen molar-refractivity contribution in [2.75, 3.05) is 13.2 Å². The van der Waals surface area contributed by atoms with E-state index < -0.39 is 5.82 Å². The van der Waals surface area contributed by atoms with E-state index in [1.54, 1.807) is 17.0 Å². The van der Waals surface area contributed by atoms with E-state index in [4.69, 9.17) is 10.00 Å². The lowest BCUT2D eigenvalue weighted by Gasteiger charge is -2.30. The van der Waals surface area contributed by atoms with Gasteiger partial charge >= 0.3 is 0 Å². The zero-order valence-electron chi connectivity index (χ0n) is 11.5. The fourth-order valence-electron chi connectivity index (χ4n) is 2.20. The Bertz CT molecular complexity index is 625. The Balaban J connectivity index is 2.33. The topological polar surface area (TPSA) is 53.3 Å². The minimum Gasteiger partial charge on any atom is -0.479 e. The van der Waals surface area contributed by atoms with Crippen LogP contribution in [0.4, 0.5) is 4.39 Å². The fourth-order valence-corrected chi connectivity index (χ4v) is 2.79. The smallest absolute Gasteiger partial charge is 0.240 e. The van der Waals surface area contributed by atoms with Crippen molar-refractivity contribution in [2.24, 2.45) is 0 Å². The fraction of sp³-hybridized carbons (Fsp3) is 0.333. The van der Waals surface area contributed by atoms with Crippen LogP contribution in [0.1, 0.15) is 18.9 Å². The molecule has 1 aliphatic rings. The molecule has 0 aliphatic carbocycles. The van der Waals surface area contributed by atoms with Gasteiger partial charge in [0.15, 0.2) is 6.61 Å². The molecule has 1 aromatic carbocycles. The predicted molar refractivity (Wildman–Crippen MR) is 85.3 cm³/mol. The summed E-state index contributed by atoms with van der Waals surface area (Å²) < 4.78 is 19.2. The van der Waals surface area contributed by atoms with Crippen molar-refractivity contribution >= 4 is 34.2 Å². The molecular formula is C15H14FIN2O2. The highest BCUT2D eigenvalue weighted by Crippen LogP contribution is 2.31. The van der Waals surface area contributed by atoms with Crippen molar-refractivity contribution in [3.8, 4) is 11.8 Å². The first-order valence-electron chi connectivity index (χ1n) is 6.53. The summed E-state index contributed by atoms with van der Waals surface area (Å²) in [5, 5.41) is 8.45. The van der Waals surface area contributed by atoms with E-state index in [9.17, 15) is 9.18 Å². The van der Waals surface area contributed by atoms with Crippen LogP contribution in [0.15, 0.2) is 24.3 Å². The first kappa shape index (κ1) is 15.8. The molecule has 0 saturated heterocycles. The number of nitriles is 1. The highest BCUT2D eigenvalue weighted by Gasteiger charge is 2.29. The molecule has 0 fully saturated rings. The lowest BCUT2D eigenvalue weighted by Crippen LogP contribution is -2.38. The van der Waals surface area contributed by atoms with Gasteiger partial charge in [-0.15, -0.1) is 0 Å². The monoisotopic (exact) mass is 400 g/mol. The maximum Gasteiger partial charge on any atom is 0.240 e. The van der Waals surface area contributed by atoms with E-state index in [-0.39, 0.29) is 16.4 Å². The van der Waals surface area contributed by atoms with Crippen LogP contribution < -0.4 is 4.74 Å². The normalized spacial score (nSPS) is 18.2. The third kappa shape index (κ3) is 3.35. The van der Waals surface area contributed by atoms with Gasteiger partial charge in [0.2, 0.25) is 5.91 Å². The summed E-state index contributed by atoms with van der Waals surface area (Å²) in [6.45, 7) is 2.23. The summed E-state index contributed by atoms with van der Waals surface area (Å²) in [5.74, 6) is -0.162. The van der Waals surface area contributed by atoms with Crippen LogP contribution in [0.3, 0.4) is 0 Å². The minimum absolute atomic E-state index is 0.000179. The summed E-state index contributed by atoms with van der Waals surface area (Å²) in [4.78, 5) is 13.7.